The fraction of sp³-hybridized carbons (Fsp3) is 0.368. The van der Waals surface area contributed by atoms with E-state index in [0.29, 0.717) is 36.9 Å². The number of anilines is 1. The molecule has 0 spiro atoms. The molecule has 2 aliphatic heterocycles. The molecule has 0 saturated carbocycles. The zero-order valence-corrected chi connectivity index (χ0v) is 15.5. The fourth-order valence-corrected chi connectivity index (χ4v) is 3.67. The summed E-state index contributed by atoms with van der Waals surface area (Å²) < 4.78 is 0. The Kier molecular flexibility index (Phi) is 4.94. The van der Waals surface area contributed by atoms with Crippen LogP contribution in [0.3, 0.4) is 0 Å². The third-order valence-corrected chi connectivity index (χ3v) is 5.30. The summed E-state index contributed by atoms with van der Waals surface area (Å²) >= 11 is 6.06. The lowest BCUT2D eigenvalue weighted by molar-refractivity contribution is -0.140. The van der Waals surface area contributed by atoms with Crippen molar-refractivity contribution in [3.8, 4) is 0 Å². The van der Waals surface area contributed by atoms with Crippen molar-refractivity contribution < 1.29 is 9.59 Å². The van der Waals surface area contributed by atoms with Crippen LogP contribution in [0.2, 0.25) is 5.02 Å². The van der Waals surface area contributed by atoms with E-state index in [1.165, 1.54) is 18.6 Å². The summed E-state index contributed by atoms with van der Waals surface area (Å²) in [6.45, 7) is 3.81. The maximum absolute atomic E-state index is 12.7. The van der Waals surface area contributed by atoms with E-state index in [9.17, 15) is 9.59 Å². The zero-order chi connectivity index (χ0) is 18.8. The third-order valence-electron chi connectivity index (χ3n) is 5.06. The molecule has 4 rings (SSSR count). The Morgan fingerprint density at radius 1 is 1.04 bits per heavy atom. The minimum absolute atomic E-state index is 0.122. The number of nitrogens with zero attached hydrogens (tertiary/aromatic N) is 5. The van der Waals surface area contributed by atoms with Crippen molar-refractivity contribution in [1.29, 1.82) is 0 Å². The molecule has 2 amide bonds. The quantitative estimate of drug-likeness (QED) is 0.801. The standard InChI is InChI=1S/C19H20ClN5O2/c20-15-2-1-3-16(10-15)23-6-8-24(9-7-23)18(26)14-12-25(13-14)19(27)17-11-21-4-5-22-17/h1-5,10-11,14H,6-9,12-13H2. The first-order chi connectivity index (χ1) is 13.1. The predicted molar refractivity (Wildman–Crippen MR) is 102 cm³/mol. The Bertz CT molecular complexity index is 833. The molecule has 2 aliphatic rings. The highest BCUT2D eigenvalue weighted by Crippen LogP contribution is 2.23. The lowest BCUT2D eigenvalue weighted by Gasteiger charge is -2.43. The molecule has 0 aliphatic carbocycles. The van der Waals surface area contributed by atoms with Gasteiger partial charge in [-0.2, -0.15) is 0 Å². The van der Waals surface area contributed by atoms with Crippen LogP contribution in [0.1, 0.15) is 10.5 Å². The Morgan fingerprint density at radius 2 is 1.81 bits per heavy atom. The molecule has 7 nitrogen and oxygen atoms in total. The first-order valence-electron chi connectivity index (χ1n) is 8.96. The Morgan fingerprint density at radius 3 is 2.48 bits per heavy atom. The number of carbonyl (C=O) groups excluding carboxylic acids is 2. The van der Waals surface area contributed by atoms with Gasteiger partial charge in [0.2, 0.25) is 5.91 Å². The Labute approximate surface area is 162 Å². The second kappa shape index (κ2) is 7.52. The van der Waals surface area contributed by atoms with Crippen LogP contribution < -0.4 is 4.90 Å². The highest BCUT2D eigenvalue weighted by molar-refractivity contribution is 6.30. The van der Waals surface area contributed by atoms with Gasteiger partial charge in [0.15, 0.2) is 0 Å². The van der Waals surface area contributed by atoms with Gasteiger partial charge in [-0.3, -0.25) is 14.6 Å². The Balaban J connectivity index is 1.28. The lowest BCUT2D eigenvalue weighted by atomic mass is 9.97. The number of amides is 2. The molecule has 0 atom stereocenters. The van der Waals surface area contributed by atoms with Crippen LogP contribution in [0, 0.1) is 5.92 Å². The maximum atomic E-state index is 12.7. The fourth-order valence-electron chi connectivity index (χ4n) is 3.49. The summed E-state index contributed by atoms with van der Waals surface area (Å²) in [6, 6.07) is 7.77. The molecular formula is C19H20ClN5O2. The number of benzene rings is 1. The summed E-state index contributed by atoms with van der Waals surface area (Å²) in [6.07, 6.45) is 4.48. The van der Waals surface area contributed by atoms with Crippen LogP contribution in [-0.2, 0) is 4.79 Å². The van der Waals surface area contributed by atoms with Crippen molar-refractivity contribution >= 4 is 29.1 Å². The van der Waals surface area contributed by atoms with Crippen molar-refractivity contribution in [2.75, 3.05) is 44.2 Å². The van der Waals surface area contributed by atoms with Gasteiger partial charge in [-0.15, -0.1) is 0 Å². The van der Waals surface area contributed by atoms with E-state index < -0.39 is 0 Å². The van der Waals surface area contributed by atoms with Gasteiger partial charge in [0.05, 0.1) is 12.1 Å². The number of piperazine rings is 1. The van der Waals surface area contributed by atoms with Crippen LogP contribution in [0.4, 0.5) is 5.69 Å². The van der Waals surface area contributed by atoms with Crippen LogP contribution >= 0.6 is 11.6 Å². The van der Waals surface area contributed by atoms with Gasteiger partial charge in [0.25, 0.3) is 5.91 Å². The highest BCUT2D eigenvalue weighted by Gasteiger charge is 2.39. The van der Waals surface area contributed by atoms with Crippen molar-refractivity contribution in [3.05, 3.63) is 53.6 Å². The van der Waals surface area contributed by atoms with Crippen LogP contribution in [0.5, 0.6) is 0 Å². The number of hydrogen-bond acceptors (Lipinski definition) is 5. The van der Waals surface area contributed by atoms with E-state index in [4.69, 9.17) is 11.6 Å². The summed E-state index contributed by atoms with van der Waals surface area (Å²) in [5.41, 5.74) is 1.40. The minimum atomic E-state index is -0.169. The van der Waals surface area contributed by atoms with Gasteiger partial charge in [-0.05, 0) is 18.2 Å². The number of carbonyl (C=O) groups is 2. The third kappa shape index (κ3) is 3.73. The van der Waals surface area contributed by atoms with E-state index >= 15 is 0 Å². The first kappa shape index (κ1) is 17.7. The largest absolute Gasteiger partial charge is 0.368 e. The molecule has 0 N–H and O–H groups in total. The molecule has 1 aromatic carbocycles. The summed E-state index contributed by atoms with van der Waals surface area (Å²) in [4.78, 5) is 38.7. The van der Waals surface area contributed by atoms with Crippen molar-refractivity contribution in [2.45, 2.75) is 0 Å². The van der Waals surface area contributed by atoms with E-state index in [2.05, 4.69) is 14.9 Å². The molecule has 0 unspecified atom stereocenters. The van der Waals surface area contributed by atoms with Crippen LogP contribution in [0.25, 0.3) is 0 Å². The molecule has 140 valence electrons. The molecule has 2 fully saturated rings. The normalized spacial score (nSPS) is 17.6. The zero-order valence-electron chi connectivity index (χ0n) is 14.8. The lowest BCUT2D eigenvalue weighted by Crippen LogP contribution is -2.59. The number of halogens is 1. The molecule has 8 heteroatoms. The topological polar surface area (TPSA) is 69.6 Å². The van der Waals surface area contributed by atoms with Gasteiger partial charge in [0.1, 0.15) is 5.69 Å². The summed E-state index contributed by atoms with van der Waals surface area (Å²) in [5, 5.41) is 0.716. The average Bonchev–Trinajstić information content (AvgIpc) is 2.67. The Hall–Kier alpha value is -2.67. The van der Waals surface area contributed by atoms with E-state index in [-0.39, 0.29) is 17.7 Å². The van der Waals surface area contributed by atoms with Gasteiger partial charge >= 0.3 is 0 Å². The van der Waals surface area contributed by atoms with Gasteiger partial charge < -0.3 is 14.7 Å². The van der Waals surface area contributed by atoms with Gasteiger partial charge in [0, 0.05) is 62.4 Å². The first-order valence-corrected chi connectivity index (χ1v) is 9.34. The molecule has 2 saturated heterocycles. The monoisotopic (exact) mass is 385 g/mol. The van der Waals surface area contributed by atoms with Gasteiger partial charge in [-0.1, -0.05) is 17.7 Å². The van der Waals surface area contributed by atoms with Gasteiger partial charge in [-0.25, -0.2) is 4.98 Å². The number of hydrogen-bond donors (Lipinski definition) is 0. The molecule has 0 radical (unpaired) electrons. The number of aromatic nitrogens is 2. The molecule has 3 heterocycles. The predicted octanol–water partition coefficient (Wildman–Crippen LogP) is 1.55. The molecule has 2 aromatic rings. The molecule has 0 bridgehead atoms. The highest BCUT2D eigenvalue weighted by atomic mass is 35.5. The SMILES string of the molecule is O=C(c1cnccn1)N1CC(C(=O)N2CCN(c3cccc(Cl)c3)CC2)C1. The van der Waals surface area contributed by atoms with Crippen LogP contribution in [-0.4, -0.2) is 70.9 Å². The average molecular weight is 386 g/mol. The molecule has 1 aromatic heterocycles. The molecular weight excluding hydrogens is 366 g/mol. The second-order valence-corrected chi connectivity index (χ2v) is 7.23. The van der Waals surface area contributed by atoms with E-state index in [0.717, 1.165) is 18.8 Å². The smallest absolute Gasteiger partial charge is 0.274 e. The van der Waals surface area contributed by atoms with E-state index in [1.807, 2.05) is 29.2 Å². The number of rotatable bonds is 3. The maximum Gasteiger partial charge on any atom is 0.274 e. The number of likely N-dealkylation sites (tertiary alicyclic amines) is 1. The summed E-state index contributed by atoms with van der Waals surface area (Å²) in [7, 11) is 0. The molecule has 27 heavy (non-hydrogen) atoms. The minimum Gasteiger partial charge on any atom is -0.368 e. The van der Waals surface area contributed by atoms with E-state index in [1.54, 1.807) is 4.90 Å². The second-order valence-electron chi connectivity index (χ2n) is 6.79. The summed E-state index contributed by atoms with van der Waals surface area (Å²) in [5.74, 6) is -0.162. The van der Waals surface area contributed by atoms with Crippen LogP contribution in [0.15, 0.2) is 42.9 Å². The van der Waals surface area contributed by atoms with Crippen molar-refractivity contribution in [2.24, 2.45) is 5.92 Å². The van der Waals surface area contributed by atoms with Crippen molar-refractivity contribution in [3.63, 3.8) is 0 Å². The van der Waals surface area contributed by atoms with Crippen molar-refractivity contribution in [1.82, 2.24) is 19.8 Å².